The molecule has 1 aromatic heterocycles. The zero-order chi connectivity index (χ0) is 20.5. The van der Waals surface area contributed by atoms with Crippen LogP contribution in [-0.2, 0) is 17.6 Å². The third-order valence-corrected chi connectivity index (χ3v) is 6.33. The average Bonchev–Trinajstić information content (AvgIpc) is 2.82. The number of anilines is 1. The number of allylic oxidation sites excluding steroid dienone is 4. The number of halogens is 1. The summed E-state index contributed by atoms with van der Waals surface area (Å²) >= 11 is 1.34. The third kappa shape index (κ3) is 4.25. The van der Waals surface area contributed by atoms with Crippen LogP contribution in [0.3, 0.4) is 0 Å². The van der Waals surface area contributed by atoms with Gasteiger partial charge in [0.1, 0.15) is 10.8 Å². The number of aromatic carboxylic acids is 1. The summed E-state index contributed by atoms with van der Waals surface area (Å²) in [6, 6.07) is 0. The van der Waals surface area contributed by atoms with Crippen molar-refractivity contribution in [1.82, 2.24) is 5.32 Å². The lowest BCUT2D eigenvalue weighted by Crippen LogP contribution is -2.23. The molecule has 150 valence electrons. The summed E-state index contributed by atoms with van der Waals surface area (Å²) < 4.78 is 13.8. The highest BCUT2D eigenvalue weighted by Gasteiger charge is 2.33. The number of thiophene rings is 1. The molecule has 0 aromatic carbocycles. The zero-order valence-electron chi connectivity index (χ0n) is 16.3. The van der Waals surface area contributed by atoms with Gasteiger partial charge in [0.15, 0.2) is 0 Å². The summed E-state index contributed by atoms with van der Waals surface area (Å²) in [6.45, 7) is 4.59. The van der Waals surface area contributed by atoms with Crippen molar-refractivity contribution in [3.63, 3.8) is 0 Å². The van der Waals surface area contributed by atoms with Crippen LogP contribution in [-0.4, -0.2) is 30.6 Å². The van der Waals surface area contributed by atoms with Crippen molar-refractivity contribution >= 4 is 28.2 Å². The molecule has 5 nitrogen and oxygen atoms in total. The minimum atomic E-state index is -1.03. The van der Waals surface area contributed by atoms with E-state index in [1.54, 1.807) is 13.1 Å². The molecule has 1 amide bonds. The fourth-order valence-corrected chi connectivity index (χ4v) is 4.91. The number of rotatable bonds is 5. The molecule has 0 saturated carbocycles. The van der Waals surface area contributed by atoms with Crippen molar-refractivity contribution in [3.8, 4) is 0 Å². The van der Waals surface area contributed by atoms with Crippen molar-refractivity contribution in [2.24, 2.45) is 5.41 Å². The van der Waals surface area contributed by atoms with Crippen LogP contribution < -0.4 is 10.6 Å². The smallest absolute Gasteiger partial charge is 0.339 e. The predicted molar refractivity (Wildman–Crippen MR) is 110 cm³/mol. The molecular formula is C21H25FN2O3S. The van der Waals surface area contributed by atoms with Crippen molar-refractivity contribution in [2.75, 3.05) is 18.9 Å². The van der Waals surface area contributed by atoms with Gasteiger partial charge < -0.3 is 15.7 Å². The standard InChI is InChI=1S/C21H25FN2O3S/c1-21(2)8-7-16-15(10-21)17(20(26)27)19(28-16)24-18(25)14-6-4-5-13(22)9-12(14)11-23-3/h5-6,9,23H,4,7-8,10-11H2,1-3H3,(H,24,25)(H,26,27). The Kier molecular flexibility index (Phi) is 5.86. The Balaban J connectivity index is 1.93. The fourth-order valence-electron chi connectivity index (χ4n) is 3.70. The second-order valence-corrected chi connectivity index (χ2v) is 9.06. The second kappa shape index (κ2) is 8.01. The molecule has 1 heterocycles. The first-order valence-electron chi connectivity index (χ1n) is 9.32. The molecule has 0 spiro atoms. The normalized spacial score (nSPS) is 18.4. The number of fused-ring (bicyclic) bond motifs is 1. The van der Waals surface area contributed by atoms with Crippen molar-refractivity contribution in [3.05, 3.63) is 51.2 Å². The summed E-state index contributed by atoms with van der Waals surface area (Å²) in [6.07, 6.45) is 7.20. The van der Waals surface area contributed by atoms with Crippen LogP contribution >= 0.6 is 11.3 Å². The van der Waals surface area contributed by atoms with E-state index in [0.29, 0.717) is 35.5 Å². The van der Waals surface area contributed by atoms with Crippen LogP contribution in [0.1, 0.15) is 47.5 Å². The zero-order valence-corrected chi connectivity index (χ0v) is 17.1. The van der Waals surface area contributed by atoms with Gasteiger partial charge in [-0.15, -0.1) is 11.3 Å². The molecule has 2 aliphatic carbocycles. The molecule has 3 rings (SSSR count). The van der Waals surface area contributed by atoms with Crippen LogP contribution in [0.15, 0.2) is 35.2 Å². The molecule has 0 fully saturated rings. The van der Waals surface area contributed by atoms with Gasteiger partial charge in [-0.2, -0.15) is 0 Å². The van der Waals surface area contributed by atoms with Crippen LogP contribution in [0, 0.1) is 5.41 Å². The van der Waals surface area contributed by atoms with E-state index < -0.39 is 11.9 Å². The minimum Gasteiger partial charge on any atom is -0.478 e. The first-order valence-corrected chi connectivity index (χ1v) is 10.1. The van der Waals surface area contributed by atoms with E-state index in [0.717, 1.165) is 23.3 Å². The number of hydrogen-bond acceptors (Lipinski definition) is 4. The SMILES string of the molecule is CNCC1=CC(F)=CCC=C1C(=O)Nc1sc2c(c1C(=O)O)CC(C)(C)CC2. The molecular weight excluding hydrogens is 379 g/mol. The number of carbonyl (C=O) groups is 2. The van der Waals surface area contributed by atoms with E-state index in [2.05, 4.69) is 24.5 Å². The molecule has 0 aliphatic heterocycles. The highest BCUT2D eigenvalue weighted by Crippen LogP contribution is 2.44. The number of amides is 1. The van der Waals surface area contributed by atoms with Gasteiger partial charge in [0.2, 0.25) is 0 Å². The number of hydrogen-bond donors (Lipinski definition) is 3. The predicted octanol–water partition coefficient (Wildman–Crippen LogP) is 4.23. The molecule has 1 aromatic rings. The number of carboxylic acid groups (broad SMARTS) is 1. The summed E-state index contributed by atoms with van der Waals surface area (Å²) in [5.74, 6) is -1.83. The van der Waals surface area contributed by atoms with Crippen molar-refractivity contribution in [1.29, 1.82) is 0 Å². The van der Waals surface area contributed by atoms with E-state index in [1.165, 1.54) is 23.5 Å². The Morgan fingerprint density at radius 1 is 1.32 bits per heavy atom. The van der Waals surface area contributed by atoms with E-state index in [-0.39, 0.29) is 16.8 Å². The Labute approximate surface area is 168 Å². The lowest BCUT2D eigenvalue weighted by molar-refractivity contribution is -0.112. The summed E-state index contributed by atoms with van der Waals surface area (Å²) in [5.41, 5.74) is 1.96. The summed E-state index contributed by atoms with van der Waals surface area (Å²) in [4.78, 5) is 25.9. The Morgan fingerprint density at radius 3 is 2.75 bits per heavy atom. The fraction of sp³-hybridized carbons (Fsp3) is 0.429. The average molecular weight is 405 g/mol. The van der Waals surface area contributed by atoms with E-state index >= 15 is 0 Å². The Bertz CT molecular complexity index is 909. The lowest BCUT2D eigenvalue weighted by atomic mass is 9.76. The highest BCUT2D eigenvalue weighted by atomic mass is 32.1. The van der Waals surface area contributed by atoms with Crippen LogP contribution in [0.25, 0.3) is 0 Å². The molecule has 0 radical (unpaired) electrons. The van der Waals surface area contributed by atoms with E-state index in [1.807, 2.05) is 0 Å². The second-order valence-electron chi connectivity index (χ2n) is 7.95. The molecule has 0 unspecified atom stereocenters. The minimum absolute atomic E-state index is 0.0370. The van der Waals surface area contributed by atoms with Crippen molar-refractivity contribution < 1.29 is 19.1 Å². The van der Waals surface area contributed by atoms with Gasteiger partial charge >= 0.3 is 5.97 Å². The number of likely N-dealkylation sites (N-methyl/N-ethyl adjacent to an activating group) is 1. The van der Waals surface area contributed by atoms with Gasteiger partial charge in [0.05, 0.1) is 5.56 Å². The maximum absolute atomic E-state index is 13.8. The maximum Gasteiger partial charge on any atom is 0.339 e. The van der Waals surface area contributed by atoms with Crippen LogP contribution in [0.2, 0.25) is 0 Å². The molecule has 2 aliphatic rings. The van der Waals surface area contributed by atoms with Gasteiger partial charge in [-0.25, -0.2) is 9.18 Å². The van der Waals surface area contributed by atoms with Gasteiger partial charge in [-0.1, -0.05) is 19.9 Å². The van der Waals surface area contributed by atoms with Crippen LogP contribution in [0.4, 0.5) is 9.39 Å². The molecule has 3 N–H and O–H groups in total. The van der Waals surface area contributed by atoms with Gasteiger partial charge in [0, 0.05) is 17.0 Å². The lowest BCUT2D eigenvalue weighted by Gasteiger charge is -2.29. The molecule has 0 bridgehead atoms. The third-order valence-electron chi connectivity index (χ3n) is 5.12. The first-order chi connectivity index (χ1) is 13.2. The number of nitrogens with one attached hydrogen (secondary N) is 2. The number of carbonyl (C=O) groups excluding carboxylic acids is 1. The number of carboxylic acids is 1. The summed E-state index contributed by atoms with van der Waals surface area (Å²) in [5, 5.41) is 15.9. The van der Waals surface area contributed by atoms with Gasteiger partial charge in [-0.3, -0.25) is 4.79 Å². The van der Waals surface area contributed by atoms with Crippen molar-refractivity contribution in [2.45, 2.75) is 39.5 Å². The number of aryl methyl sites for hydroxylation is 1. The van der Waals surface area contributed by atoms with Gasteiger partial charge in [0.25, 0.3) is 5.91 Å². The maximum atomic E-state index is 13.8. The van der Waals surface area contributed by atoms with Gasteiger partial charge in [-0.05, 0) is 61.4 Å². The van der Waals surface area contributed by atoms with E-state index in [4.69, 9.17) is 0 Å². The molecule has 0 atom stereocenters. The Morgan fingerprint density at radius 2 is 2.07 bits per heavy atom. The quantitative estimate of drug-likeness (QED) is 0.686. The molecule has 28 heavy (non-hydrogen) atoms. The molecule has 0 saturated heterocycles. The monoisotopic (exact) mass is 404 g/mol. The van der Waals surface area contributed by atoms with E-state index in [9.17, 15) is 19.1 Å². The highest BCUT2D eigenvalue weighted by molar-refractivity contribution is 7.17. The summed E-state index contributed by atoms with van der Waals surface area (Å²) in [7, 11) is 1.72. The largest absolute Gasteiger partial charge is 0.478 e. The Hall–Kier alpha value is -2.25. The van der Waals surface area contributed by atoms with Crippen LogP contribution in [0.5, 0.6) is 0 Å². The first kappa shape index (κ1) is 20.5. The topological polar surface area (TPSA) is 78.4 Å². The molecule has 7 heteroatoms.